The van der Waals surface area contributed by atoms with Crippen molar-refractivity contribution < 1.29 is 9.21 Å². The first-order valence-corrected chi connectivity index (χ1v) is 9.95. The Kier molecular flexibility index (Phi) is 6.67. The number of carbonyl (C=O) groups excluding carboxylic acids is 1. The van der Waals surface area contributed by atoms with Crippen molar-refractivity contribution in [3.8, 4) is 6.07 Å². The van der Waals surface area contributed by atoms with E-state index in [1.54, 1.807) is 4.90 Å². The van der Waals surface area contributed by atoms with Crippen LogP contribution in [0.3, 0.4) is 0 Å². The summed E-state index contributed by atoms with van der Waals surface area (Å²) in [6, 6.07) is 11.5. The highest BCUT2D eigenvalue weighted by molar-refractivity contribution is 7.99. The Labute approximate surface area is 157 Å². The molecule has 1 amide bonds. The zero-order chi connectivity index (χ0) is 18.2. The standard InChI is InChI=1S/C19H22N4O2S/c20-12-7-13-23(16-10-5-2-6-11-16)17(24)14-26-19-22-21-18(25-19)15-8-3-1-4-9-15/h2,5-6,10-11,15H,1,3-4,7-9,13-14H2. The van der Waals surface area contributed by atoms with Crippen LogP contribution in [-0.4, -0.2) is 28.4 Å². The van der Waals surface area contributed by atoms with Gasteiger partial charge in [-0.05, 0) is 25.0 Å². The Balaban J connectivity index is 1.59. The SMILES string of the molecule is N#CCCN(C(=O)CSc1nnc(C2CCCCC2)o1)c1ccccc1. The molecule has 0 radical (unpaired) electrons. The fraction of sp³-hybridized carbons (Fsp3) is 0.474. The van der Waals surface area contributed by atoms with Gasteiger partial charge in [-0.15, -0.1) is 10.2 Å². The molecule has 7 heteroatoms. The van der Waals surface area contributed by atoms with Crippen molar-refractivity contribution in [3.63, 3.8) is 0 Å². The number of thioether (sulfide) groups is 1. The summed E-state index contributed by atoms with van der Waals surface area (Å²) in [6.45, 7) is 0.372. The summed E-state index contributed by atoms with van der Waals surface area (Å²) >= 11 is 1.26. The van der Waals surface area contributed by atoms with Crippen LogP contribution in [0.4, 0.5) is 5.69 Å². The Morgan fingerprint density at radius 2 is 2.00 bits per heavy atom. The summed E-state index contributed by atoms with van der Waals surface area (Å²) in [5.41, 5.74) is 0.793. The zero-order valence-corrected chi connectivity index (χ0v) is 15.5. The maximum absolute atomic E-state index is 12.6. The molecule has 1 aliphatic rings. The number of anilines is 1. The van der Waals surface area contributed by atoms with E-state index in [1.807, 2.05) is 30.3 Å². The lowest BCUT2D eigenvalue weighted by Gasteiger charge is -2.21. The number of amides is 1. The van der Waals surface area contributed by atoms with E-state index in [2.05, 4.69) is 16.3 Å². The second kappa shape index (κ2) is 9.39. The molecule has 1 heterocycles. The van der Waals surface area contributed by atoms with E-state index in [0.29, 0.717) is 23.6 Å². The molecule has 0 saturated heterocycles. The topological polar surface area (TPSA) is 83.0 Å². The van der Waals surface area contributed by atoms with E-state index in [0.717, 1.165) is 18.5 Å². The van der Waals surface area contributed by atoms with E-state index < -0.39 is 0 Å². The average Bonchev–Trinajstić information content (AvgIpc) is 3.17. The van der Waals surface area contributed by atoms with Crippen molar-refractivity contribution in [1.82, 2.24) is 10.2 Å². The number of rotatable bonds is 7. The fourth-order valence-corrected chi connectivity index (χ4v) is 3.81. The largest absolute Gasteiger partial charge is 0.416 e. The van der Waals surface area contributed by atoms with E-state index in [4.69, 9.17) is 9.68 Å². The van der Waals surface area contributed by atoms with Crippen LogP contribution in [0.25, 0.3) is 0 Å². The van der Waals surface area contributed by atoms with Crippen molar-refractivity contribution in [1.29, 1.82) is 5.26 Å². The molecule has 0 bridgehead atoms. The molecule has 1 aliphatic carbocycles. The predicted molar refractivity (Wildman–Crippen MR) is 99.9 cm³/mol. The lowest BCUT2D eigenvalue weighted by atomic mass is 9.89. The van der Waals surface area contributed by atoms with E-state index in [-0.39, 0.29) is 18.1 Å². The van der Waals surface area contributed by atoms with Crippen molar-refractivity contribution in [2.45, 2.75) is 49.7 Å². The molecule has 3 rings (SSSR count). The number of carbonyl (C=O) groups is 1. The highest BCUT2D eigenvalue weighted by Gasteiger charge is 2.22. The van der Waals surface area contributed by atoms with Crippen LogP contribution in [0, 0.1) is 11.3 Å². The van der Waals surface area contributed by atoms with E-state index in [9.17, 15) is 4.79 Å². The molecule has 2 aromatic rings. The average molecular weight is 370 g/mol. The summed E-state index contributed by atoms with van der Waals surface area (Å²) in [5, 5.41) is 17.5. The lowest BCUT2D eigenvalue weighted by Crippen LogP contribution is -2.33. The van der Waals surface area contributed by atoms with Crippen LogP contribution >= 0.6 is 11.8 Å². The summed E-state index contributed by atoms with van der Waals surface area (Å²) in [7, 11) is 0. The molecule has 136 valence electrons. The van der Waals surface area contributed by atoms with Crippen LogP contribution in [0.5, 0.6) is 0 Å². The number of hydrogen-bond donors (Lipinski definition) is 0. The van der Waals surface area contributed by atoms with Gasteiger partial charge in [-0.3, -0.25) is 4.79 Å². The molecule has 0 unspecified atom stereocenters. The molecule has 1 aromatic heterocycles. The van der Waals surface area contributed by atoms with Gasteiger partial charge in [0.15, 0.2) is 0 Å². The van der Waals surface area contributed by atoms with Crippen molar-refractivity contribution in [2.24, 2.45) is 0 Å². The second-order valence-corrected chi connectivity index (χ2v) is 7.25. The molecule has 0 aliphatic heterocycles. The van der Waals surface area contributed by atoms with Gasteiger partial charge in [-0.2, -0.15) is 5.26 Å². The Bertz CT molecular complexity index is 750. The molecule has 6 nitrogen and oxygen atoms in total. The maximum Gasteiger partial charge on any atom is 0.277 e. The smallest absolute Gasteiger partial charge is 0.277 e. The summed E-state index contributed by atoms with van der Waals surface area (Å²) in [4.78, 5) is 14.3. The van der Waals surface area contributed by atoms with Gasteiger partial charge in [-0.1, -0.05) is 49.2 Å². The molecule has 1 fully saturated rings. The summed E-state index contributed by atoms with van der Waals surface area (Å²) < 4.78 is 5.76. The van der Waals surface area contributed by atoms with Gasteiger partial charge in [-0.25, -0.2) is 0 Å². The fourth-order valence-electron chi connectivity index (χ4n) is 3.16. The number of benzene rings is 1. The highest BCUT2D eigenvalue weighted by Crippen LogP contribution is 2.33. The number of nitrogens with zero attached hydrogens (tertiary/aromatic N) is 4. The first-order chi connectivity index (χ1) is 12.8. The molecular formula is C19H22N4O2S. The van der Waals surface area contributed by atoms with Crippen molar-refractivity contribution in [2.75, 3.05) is 17.2 Å². The van der Waals surface area contributed by atoms with Crippen LogP contribution in [0.1, 0.15) is 50.3 Å². The van der Waals surface area contributed by atoms with E-state index in [1.165, 1.54) is 31.0 Å². The molecule has 1 aromatic carbocycles. The maximum atomic E-state index is 12.6. The normalized spacial score (nSPS) is 14.7. The van der Waals surface area contributed by atoms with E-state index >= 15 is 0 Å². The number of hydrogen-bond acceptors (Lipinski definition) is 6. The quantitative estimate of drug-likeness (QED) is 0.681. The minimum absolute atomic E-state index is 0.0751. The third kappa shape index (κ3) is 4.85. The summed E-state index contributed by atoms with van der Waals surface area (Å²) in [6.07, 6.45) is 6.18. The zero-order valence-electron chi connectivity index (χ0n) is 14.6. The molecule has 0 N–H and O–H groups in total. The van der Waals surface area contributed by atoms with Crippen LogP contribution in [0.15, 0.2) is 40.0 Å². The lowest BCUT2D eigenvalue weighted by molar-refractivity contribution is -0.116. The van der Waals surface area contributed by atoms with Gasteiger partial charge in [0, 0.05) is 18.2 Å². The van der Waals surface area contributed by atoms with Gasteiger partial charge in [0.05, 0.1) is 18.2 Å². The molecule has 1 saturated carbocycles. The van der Waals surface area contributed by atoms with Gasteiger partial charge in [0.2, 0.25) is 11.8 Å². The minimum atomic E-state index is -0.0751. The Morgan fingerprint density at radius 1 is 1.23 bits per heavy atom. The van der Waals surface area contributed by atoms with Gasteiger partial charge < -0.3 is 9.32 Å². The minimum Gasteiger partial charge on any atom is -0.416 e. The highest BCUT2D eigenvalue weighted by atomic mass is 32.2. The van der Waals surface area contributed by atoms with Gasteiger partial charge >= 0.3 is 0 Å². The Morgan fingerprint density at radius 3 is 2.73 bits per heavy atom. The summed E-state index contributed by atoms with van der Waals surface area (Å²) in [5.74, 6) is 1.18. The third-order valence-electron chi connectivity index (χ3n) is 4.51. The second-order valence-electron chi connectivity index (χ2n) is 6.32. The third-order valence-corrected chi connectivity index (χ3v) is 5.31. The Hall–Kier alpha value is -2.33. The van der Waals surface area contributed by atoms with Crippen molar-refractivity contribution >= 4 is 23.4 Å². The monoisotopic (exact) mass is 370 g/mol. The predicted octanol–water partition coefficient (Wildman–Crippen LogP) is 4.16. The van der Waals surface area contributed by atoms with Crippen LogP contribution < -0.4 is 4.90 Å². The first kappa shape index (κ1) is 18.5. The van der Waals surface area contributed by atoms with Crippen LogP contribution in [0.2, 0.25) is 0 Å². The van der Waals surface area contributed by atoms with Crippen LogP contribution in [-0.2, 0) is 4.79 Å². The molecule has 0 spiro atoms. The van der Waals surface area contributed by atoms with Crippen molar-refractivity contribution in [3.05, 3.63) is 36.2 Å². The van der Waals surface area contributed by atoms with Gasteiger partial charge in [0.1, 0.15) is 0 Å². The molecule has 0 atom stereocenters. The molecular weight excluding hydrogens is 348 g/mol. The molecule has 26 heavy (non-hydrogen) atoms. The number of aromatic nitrogens is 2. The number of nitriles is 1. The van der Waals surface area contributed by atoms with Gasteiger partial charge in [0.25, 0.3) is 5.22 Å². The number of para-hydroxylation sites is 1. The first-order valence-electron chi connectivity index (χ1n) is 8.96.